The molecule has 0 fully saturated rings. The Balaban J connectivity index is 2.99. The van der Waals surface area contributed by atoms with Gasteiger partial charge in [0.1, 0.15) is 0 Å². The van der Waals surface area contributed by atoms with Gasteiger partial charge in [0.05, 0.1) is 0 Å². The number of hydrogen-bond acceptors (Lipinski definition) is 3. The predicted octanol–water partition coefficient (Wildman–Crippen LogP) is 1.03. The second kappa shape index (κ2) is 5.66. The van der Waals surface area contributed by atoms with Gasteiger partial charge in [-0.05, 0) is 38.2 Å². The number of carboxylic acids is 1. The first-order valence-electron chi connectivity index (χ1n) is 5.89. The number of carboxylic acid groups (broad SMARTS) is 1. The van der Waals surface area contributed by atoms with Crippen LogP contribution in [0.3, 0.4) is 0 Å². The maximum absolute atomic E-state index is 12.0. The van der Waals surface area contributed by atoms with Gasteiger partial charge in [-0.2, -0.15) is 0 Å². The lowest BCUT2D eigenvalue weighted by molar-refractivity contribution is -0.151. The number of amides is 3. The molecule has 0 aliphatic heterocycles. The van der Waals surface area contributed by atoms with Crippen molar-refractivity contribution in [3.8, 4) is 0 Å². The molecule has 0 aromatic rings. The van der Waals surface area contributed by atoms with Crippen LogP contribution in [-0.4, -0.2) is 30.1 Å². The van der Waals surface area contributed by atoms with Crippen molar-refractivity contribution in [1.29, 1.82) is 0 Å². The molecule has 0 aromatic heterocycles. The maximum Gasteiger partial charge on any atom is 0.323 e. The Labute approximate surface area is 105 Å². The molecule has 0 radical (unpaired) electrons. The maximum atomic E-state index is 12.0. The Hall–Kier alpha value is -1.85. The number of carbonyl (C=O) groups is 3. The van der Waals surface area contributed by atoms with Gasteiger partial charge in [0.25, 0.3) is 0 Å². The second-order valence-electron chi connectivity index (χ2n) is 4.44. The monoisotopic (exact) mass is 254 g/mol. The second-order valence-corrected chi connectivity index (χ2v) is 4.44. The summed E-state index contributed by atoms with van der Waals surface area (Å²) in [5.74, 6) is -2.04. The van der Waals surface area contributed by atoms with Crippen LogP contribution >= 0.6 is 0 Å². The highest BCUT2D eigenvalue weighted by Crippen LogP contribution is 2.34. The number of hydrogen-bond donors (Lipinski definition) is 3. The van der Waals surface area contributed by atoms with Crippen molar-refractivity contribution < 1.29 is 19.5 Å². The van der Waals surface area contributed by atoms with Crippen LogP contribution in [0.1, 0.15) is 32.6 Å². The standard InChI is InChI=1S/C12H18N2O4/c1-12(10(16)17,8-6-4-3-5-7-8)9(15)14-11(18)13-2/h6H,3-5,7H2,1-2H3,(H,16,17)(H2,13,14,15,18)/t12-/m1/s1. The Morgan fingerprint density at radius 3 is 2.44 bits per heavy atom. The molecule has 6 nitrogen and oxygen atoms in total. The predicted molar refractivity (Wildman–Crippen MR) is 64.9 cm³/mol. The summed E-state index contributed by atoms with van der Waals surface area (Å²) in [6.07, 6.45) is 4.99. The highest BCUT2D eigenvalue weighted by atomic mass is 16.4. The molecule has 0 bridgehead atoms. The average molecular weight is 254 g/mol. The van der Waals surface area contributed by atoms with E-state index in [1.165, 1.54) is 14.0 Å². The van der Waals surface area contributed by atoms with Gasteiger partial charge in [-0.15, -0.1) is 0 Å². The minimum absolute atomic E-state index is 0.572. The van der Waals surface area contributed by atoms with Crippen LogP contribution < -0.4 is 10.6 Å². The Morgan fingerprint density at radius 2 is 2.00 bits per heavy atom. The summed E-state index contributed by atoms with van der Waals surface area (Å²) in [5, 5.41) is 13.6. The normalized spacial score (nSPS) is 18.2. The van der Waals surface area contributed by atoms with Gasteiger partial charge >= 0.3 is 12.0 Å². The Bertz CT molecular complexity index is 403. The topological polar surface area (TPSA) is 95.5 Å². The Morgan fingerprint density at radius 1 is 1.33 bits per heavy atom. The number of nitrogens with one attached hydrogen (secondary N) is 2. The van der Waals surface area contributed by atoms with Crippen LogP contribution in [0.4, 0.5) is 4.79 Å². The zero-order valence-corrected chi connectivity index (χ0v) is 10.6. The van der Waals surface area contributed by atoms with Crippen molar-refractivity contribution in [3.63, 3.8) is 0 Å². The highest BCUT2D eigenvalue weighted by Gasteiger charge is 2.45. The Kier molecular flexibility index (Phi) is 4.47. The molecule has 0 spiro atoms. The van der Waals surface area contributed by atoms with E-state index in [1.54, 1.807) is 6.08 Å². The van der Waals surface area contributed by atoms with Gasteiger partial charge in [0, 0.05) is 7.05 Å². The molecule has 3 N–H and O–H groups in total. The van der Waals surface area contributed by atoms with Gasteiger partial charge in [-0.25, -0.2) is 4.79 Å². The molecular weight excluding hydrogens is 236 g/mol. The minimum atomic E-state index is -1.67. The molecule has 0 heterocycles. The van der Waals surface area contributed by atoms with Gasteiger partial charge < -0.3 is 10.4 Å². The summed E-state index contributed by atoms with van der Waals surface area (Å²) in [7, 11) is 1.36. The van der Waals surface area contributed by atoms with Gasteiger partial charge in [-0.3, -0.25) is 14.9 Å². The van der Waals surface area contributed by atoms with E-state index in [1.807, 2.05) is 5.32 Å². The number of rotatable bonds is 3. The van der Waals surface area contributed by atoms with Crippen LogP contribution in [0.25, 0.3) is 0 Å². The molecule has 1 aliphatic carbocycles. The lowest BCUT2D eigenvalue weighted by Crippen LogP contribution is -2.50. The molecular formula is C12H18N2O4. The SMILES string of the molecule is CNC(=O)NC(=O)[C@](C)(C(=O)O)C1=CCCCC1. The number of carbonyl (C=O) groups excluding carboxylic acids is 2. The first kappa shape index (κ1) is 14.2. The third kappa shape index (κ3) is 2.69. The van der Waals surface area contributed by atoms with E-state index in [0.717, 1.165) is 19.3 Å². The number of urea groups is 1. The van der Waals surface area contributed by atoms with E-state index in [-0.39, 0.29) is 0 Å². The van der Waals surface area contributed by atoms with E-state index >= 15 is 0 Å². The van der Waals surface area contributed by atoms with Crippen LogP contribution in [0.5, 0.6) is 0 Å². The molecule has 0 saturated heterocycles. The average Bonchev–Trinajstić information content (AvgIpc) is 2.38. The molecule has 1 rings (SSSR count). The first-order valence-corrected chi connectivity index (χ1v) is 5.89. The number of imide groups is 1. The zero-order valence-electron chi connectivity index (χ0n) is 10.6. The number of allylic oxidation sites excluding steroid dienone is 1. The van der Waals surface area contributed by atoms with Crippen LogP contribution in [0.15, 0.2) is 11.6 Å². The summed E-state index contributed by atoms with van der Waals surface area (Å²) in [6.45, 7) is 1.34. The summed E-state index contributed by atoms with van der Waals surface area (Å²) in [4.78, 5) is 34.5. The highest BCUT2D eigenvalue weighted by molar-refractivity contribution is 6.09. The van der Waals surface area contributed by atoms with Gasteiger partial charge in [0.2, 0.25) is 5.91 Å². The van der Waals surface area contributed by atoms with Crippen LogP contribution in [-0.2, 0) is 9.59 Å². The van der Waals surface area contributed by atoms with E-state index in [0.29, 0.717) is 12.0 Å². The van der Waals surface area contributed by atoms with Gasteiger partial charge in [0.15, 0.2) is 5.41 Å². The fourth-order valence-electron chi connectivity index (χ4n) is 1.96. The molecule has 0 saturated carbocycles. The van der Waals surface area contributed by atoms with E-state index in [4.69, 9.17) is 0 Å². The van der Waals surface area contributed by atoms with Crippen molar-refractivity contribution >= 4 is 17.9 Å². The molecule has 1 aliphatic rings. The molecule has 100 valence electrons. The molecule has 3 amide bonds. The van der Waals surface area contributed by atoms with Crippen LogP contribution in [0.2, 0.25) is 0 Å². The third-order valence-electron chi connectivity index (χ3n) is 3.27. The third-order valence-corrected chi connectivity index (χ3v) is 3.27. The fraction of sp³-hybridized carbons (Fsp3) is 0.583. The van der Waals surface area contributed by atoms with E-state index in [2.05, 4.69) is 5.32 Å². The van der Waals surface area contributed by atoms with Gasteiger partial charge in [-0.1, -0.05) is 6.08 Å². The van der Waals surface area contributed by atoms with Crippen molar-refractivity contribution in [1.82, 2.24) is 10.6 Å². The molecule has 0 aromatic carbocycles. The van der Waals surface area contributed by atoms with E-state index < -0.39 is 23.3 Å². The smallest absolute Gasteiger partial charge is 0.323 e. The lowest BCUT2D eigenvalue weighted by Gasteiger charge is -2.28. The fourth-order valence-corrected chi connectivity index (χ4v) is 1.96. The quantitative estimate of drug-likeness (QED) is 0.518. The largest absolute Gasteiger partial charge is 0.480 e. The molecule has 0 unspecified atom stereocenters. The van der Waals surface area contributed by atoms with E-state index in [9.17, 15) is 19.5 Å². The zero-order chi connectivity index (χ0) is 13.8. The number of aliphatic carboxylic acids is 1. The first-order chi connectivity index (χ1) is 8.42. The van der Waals surface area contributed by atoms with Crippen molar-refractivity contribution in [2.45, 2.75) is 32.6 Å². The molecule has 1 atom stereocenters. The van der Waals surface area contributed by atoms with Crippen molar-refractivity contribution in [2.24, 2.45) is 5.41 Å². The molecule has 6 heteroatoms. The summed E-state index contributed by atoms with van der Waals surface area (Å²) in [5.41, 5.74) is -1.10. The molecule has 18 heavy (non-hydrogen) atoms. The van der Waals surface area contributed by atoms with Crippen LogP contribution in [0, 0.1) is 5.41 Å². The lowest BCUT2D eigenvalue weighted by atomic mass is 9.76. The summed E-state index contributed by atoms with van der Waals surface area (Å²) >= 11 is 0. The van der Waals surface area contributed by atoms with Crippen molar-refractivity contribution in [3.05, 3.63) is 11.6 Å². The summed E-state index contributed by atoms with van der Waals surface area (Å²) in [6, 6.07) is -0.705. The minimum Gasteiger partial charge on any atom is -0.480 e. The summed E-state index contributed by atoms with van der Waals surface area (Å²) < 4.78 is 0. The van der Waals surface area contributed by atoms with Crippen molar-refractivity contribution in [2.75, 3.05) is 7.05 Å².